The minimum atomic E-state index is -0.659. The minimum absolute atomic E-state index is 0.198. The molecule has 5 heteroatoms. The van der Waals surface area contributed by atoms with Gasteiger partial charge in [0.2, 0.25) is 5.91 Å². The van der Waals surface area contributed by atoms with E-state index in [0.29, 0.717) is 19.8 Å². The molecule has 0 fully saturated rings. The average Bonchev–Trinajstić information content (AvgIpc) is 2.61. The van der Waals surface area contributed by atoms with Crippen molar-refractivity contribution in [3.05, 3.63) is 65.7 Å². The molecular formula is C18H22N2O3. The first-order valence-corrected chi connectivity index (χ1v) is 7.49. The van der Waals surface area contributed by atoms with Crippen LogP contribution >= 0.6 is 0 Å². The van der Waals surface area contributed by atoms with Gasteiger partial charge in [-0.2, -0.15) is 0 Å². The van der Waals surface area contributed by atoms with Crippen LogP contribution in [-0.2, 0) is 16.1 Å². The zero-order valence-electron chi connectivity index (χ0n) is 13.2. The molecule has 2 aromatic rings. The predicted molar refractivity (Wildman–Crippen MR) is 89.0 cm³/mol. The van der Waals surface area contributed by atoms with Crippen LogP contribution in [0.3, 0.4) is 0 Å². The van der Waals surface area contributed by atoms with Crippen molar-refractivity contribution in [1.29, 1.82) is 0 Å². The number of amides is 1. The highest BCUT2D eigenvalue weighted by Crippen LogP contribution is 2.13. The normalized spacial score (nSPS) is 11.7. The molecule has 122 valence electrons. The van der Waals surface area contributed by atoms with Crippen molar-refractivity contribution < 1.29 is 14.3 Å². The first kappa shape index (κ1) is 17.0. The van der Waals surface area contributed by atoms with Gasteiger partial charge in [-0.3, -0.25) is 4.79 Å². The lowest BCUT2D eigenvalue weighted by atomic mass is 10.1. The van der Waals surface area contributed by atoms with Crippen LogP contribution in [0.5, 0.6) is 5.75 Å². The van der Waals surface area contributed by atoms with Crippen molar-refractivity contribution in [1.82, 2.24) is 5.32 Å². The van der Waals surface area contributed by atoms with Crippen LogP contribution in [0, 0.1) is 0 Å². The number of hydrogen-bond donors (Lipinski definition) is 2. The Labute approximate surface area is 136 Å². The van der Waals surface area contributed by atoms with Gasteiger partial charge in [-0.1, -0.05) is 42.5 Å². The molecule has 3 N–H and O–H groups in total. The quantitative estimate of drug-likeness (QED) is 0.731. The molecule has 2 aromatic carbocycles. The molecule has 0 bridgehead atoms. The Morgan fingerprint density at radius 2 is 1.78 bits per heavy atom. The average molecular weight is 314 g/mol. The number of hydrogen-bond acceptors (Lipinski definition) is 4. The zero-order valence-corrected chi connectivity index (χ0v) is 13.2. The molecule has 0 aliphatic carbocycles. The topological polar surface area (TPSA) is 73.6 Å². The van der Waals surface area contributed by atoms with E-state index in [-0.39, 0.29) is 5.91 Å². The molecule has 0 aromatic heterocycles. The molecule has 0 aliphatic rings. The van der Waals surface area contributed by atoms with E-state index in [1.807, 2.05) is 54.6 Å². The van der Waals surface area contributed by atoms with Gasteiger partial charge in [0.05, 0.1) is 6.61 Å². The summed E-state index contributed by atoms with van der Waals surface area (Å²) in [5.41, 5.74) is 7.73. The summed E-state index contributed by atoms with van der Waals surface area (Å²) in [5, 5.41) is 2.84. The first-order valence-electron chi connectivity index (χ1n) is 7.49. The maximum Gasteiger partial charge on any atom is 0.241 e. The molecule has 2 rings (SSSR count). The van der Waals surface area contributed by atoms with Crippen molar-refractivity contribution in [2.75, 3.05) is 20.3 Å². The van der Waals surface area contributed by atoms with Gasteiger partial charge in [0.1, 0.15) is 18.4 Å². The Morgan fingerprint density at radius 3 is 2.43 bits per heavy atom. The monoisotopic (exact) mass is 314 g/mol. The lowest BCUT2D eigenvalue weighted by molar-refractivity contribution is -0.122. The molecule has 0 saturated heterocycles. The summed E-state index contributed by atoms with van der Waals surface area (Å²) in [7, 11) is 1.63. The lowest BCUT2D eigenvalue weighted by Gasteiger charge is -2.13. The second kappa shape index (κ2) is 8.92. The number of rotatable bonds is 8. The van der Waals surface area contributed by atoms with E-state index >= 15 is 0 Å². The fourth-order valence-corrected chi connectivity index (χ4v) is 2.06. The van der Waals surface area contributed by atoms with Crippen molar-refractivity contribution in [3.8, 4) is 5.75 Å². The Bertz CT molecular complexity index is 599. The van der Waals surface area contributed by atoms with Gasteiger partial charge in [-0.25, -0.2) is 0 Å². The number of benzene rings is 2. The molecule has 1 unspecified atom stereocenters. The highest BCUT2D eigenvalue weighted by atomic mass is 16.5. The number of nitrogens with two attached hydrogens (primary N) is 1. The lowest BCUT2D eigenvalue weighted by Crippen LogP contribution is -2.33. The zero-order chi connectivity index (χ0) is 16.5. The fourth-order valence-electron chi connectivity index (χ4n) is 2.06. The van der Waals surface area contributed by atoms with Crippen LogP contribution in [0.25, 0.3) is 0 Å². The molecule has 0 heterocycles. The van der Waals surface area contributed by atoms with Crippen LogP contribution in [0.4, 0.5) is 0 Å². The summed E-state index contributed by atoms with van der Waals surface area (Å²) in [5.74, 6) is 0.578. The van der Waals surface area contributed by atoms with E-state index in [2.05, 4.69) is 5.32 Å². The largest absolute Gasteiger partial charge is 0.491 e. The molecule has 5 nitrogen and oxygen atoms in total. The van der Waals surface area contributed by atoms with E-state index in [9.17, 15) is 4.79 Å². The van der Waals surface area contributed by atoms with E-state index in [1.165, 1.54) is 0 Å². The van der Waals surface area contributed by atoms with Gasteiger partial charge in [-0.05, 0) is 23.3 Å². The second-order valence-corrected chi connectivity index (χ2v) is 5.09. The summed E-state index contributed by atoms with van der Waals surface area (Å²) in [6, 6.07) is 16.2. The van der Waals surface area contributed by atoms with Gasteiger partial charge in [0.15, 0.2) is 0 Å². The third-order valence-electron chi connectivity index (χ3n) is 3.39. The van der Waals surface area contributed by atoms with Crippen LogP contribution in [0.1, 0.15) is 17.2 Å². The summed E-state index contributed by atoms with van der Waals surface area (Å²) in [4.78, 5) is 12.1. The molecule has 0 saturated carbocycles. The minimum Gasteiger partial charge on any atom is -0.491 e. The summed E-state index contributed by atoms with van der Waals surface area (Å²) in [6.45, 7) is 1.49. The molecule has 0 aliphatic heterocycles. The smallest absolute Gasteiger partial charge is 0.241 e. The highest BCUT2D eigenvalue weighted by Gasteiger charge is 2.14. The molecule has 0 spiro atoms. The van der Waals surface area contributed by atoms with Gasteiger partial charge in [0, 0.05) is 13.7 Å². The second-order valence-electron chi connectivity index (χ2n) is 5.09. The van der Waals surface area contributed by atoms with Crippen molar-refractivity contribution >= 4 is 5.91 Å². The van der Waals surface area contributed by atoms with Crippen LogP contribution in [0.15, 0.2) is 54.6 Å². The van der Waals surface area contributed by atoms with Crippen LogP contribution in [-0.4, -0.2) is 26.2 Å². The SMILES string of the molecule is COCCOc1ccc(CNC(=O)C(N)c2ccccc2)cc1. The van der Waals surface area contributed by atoms with E-state index in [0.717, 1.165) is 16.9 Å². The summed E-state index contributed by atoms with van der Waals surface area (Å²) < 4.78 is 10.4. The van der Waals surface area contributed by atoms with Crippen molar-refractivity contribution in [2.45, 2.75) is 12.6 Å². The summed E-state index contributed by atoms with van der Waals surface area (Å²) in [6.07, 6.45) is 0. The number of ether oxygens (including phenoxy) is 2. The standard InChI is InChI=1S/C18H22N2O3/c1-22-11-12-23-16-9-7-14(8-10-16)13-20-18(21)17(19)15-5-3-2-4-6-15/h2-10,17H,11-13,19H2,1H3,(H,20,21). The molecule has 1 amide bonds. The van der Waals surface area contributed by atoms with Crippen molar-refractivity contribution in [2.24, 2.45) is 5.73 Å². The highest BCUT2D eigenvalue weighted by molar-refractivity contribution is 5.82. The maximum absolute atomic E-state index is 12.1. The molecule has 0 radical (unpaired) electrons. The van der Waals surface area contributed by atoms with Crippen LogP contribution in [0.2, 0.25) is 0 Å². The number of nitrogens with one attached hydrogen (secondary N) is 1. The van der Waals surface area contributed by atoms with Gasteiger partial charge >= 0.3 is 0 Å². The third kappa shape index (κ3) is 5.39. The van der Waals surface area contributed by atoms with Gasteiger partial charge in [-0.15, -0.1) is 0 Å². The molecule has 1 atom stereocenters. The van der Waals surface area contributed by atoms with E-state index in [4.69, 9.17) is 15.2 Å². The fraction of sp³-hybridized carbons (Fsp3) is 0.278. The van der Waals surface area contributed by atoms with Crippen LogP contribution < -0.4 is 15.8 Å². The third-order valence-corrected chi connectivity index (χ3v) is 3.39. The number of carbonyl (C=O) groups excluding carboxylic acids is 1. The van der Waals surface area contributed by atoms with Crippen molar-refractivity contribution in [3.63, 3.8) is 0 Å². The van der Waals surface area contributed by atoms with Gasteiger partial charge in [0.25, 0.3) is 0 Å². The molecule has 23 heavy (non-hydrogen) atoms. The number of methoxy groups -OCH3 is 1. The summed E-state index contributed by atoms with van der Waals surface area (Å²) >= 11 is 0. The van der Waals surface area contributed by atoms with E-state index < -0.39 is 6.04 Å². The number of carbonyl (C=O) groups is 1. The Hall–Kier alpha value is -2.37. The molecular weight excluding hydrogens is 292 g/mol. The Morgan fingerprint density at radius 1 is 1.09 bits per heavy atom. The Balaban J connectivity index is 1.82. The van der Waals surface area contributed by atoms with Gasteiger partial charge < -0.3 is 20.5 Å². The van der Waals surface area contributed by atoms with E-state index in [1.54, 1.807) is 7.11 Å². The first-order chi connectivity index (χ1) is 11.2. The Kier molecular flexibility index (Phi) is 6.59. The maximum atomic E-state index is 12.1. The predicted octanol–water partition coefficient (Wildman–Crippen LogP) is 2.03.